The van der Waals surface area contributed by atoms with Gasteiger partial charge in [0.15, 0.2) is 5.69 Å². The van der Waals surface area contributed by atoms with Gasteiger partial charge in [0.25, 0.3) is 0 Å². The molecule has 1 fully saturated rings. The number of hydrogen-bond donors (Lipinski definition) is 2. The van der Waals surface area contributed by atoms with Gasteiger partial charge in [0.05, 0.1) is 4.88 Å². The van der Waals surface area contributed by atoms with Crippen molar-refractivity contribution in [2.24, 2.45) is 0 Å². The summed E-state index contributed by atoms with van der Waals surface area (Å²) >= 11 is 1.17. The average molecular weight is 228 g/mol. The molecule has 0 saturated carbocycles. The summed E-state index contributed by atoms with van der Waals surface area (Å²) in [4.78, 5) is 13.7. The summed E-state index contributed by atoms with van der Waals surface area (Å²) in [6.07, 6.45) is 0. The molecule has 0 unspecified atom stereocenters. The fraction of sp³-hybridized carbons (Fsp3) is 0.625. The van der Waals surface area contributed by atoms with Crippen LogP contribution in [0.2, 0.25) is 0 Å². The molecule has 7 heteroatoms. The largest absolute Gasteiger partial charge is 0.476 e. The second-order valence-electron chi connectivity index (χ2n) is 3.38. The minimum Gasteiger partial charge on any atom is -0.476 e. The molecule has 0 spiro atoms. The topological polar surface area (TPSA) is 78.3 Å². The Hall–Kier alpha value is -1.05. The Bertz CT molecular complexity index is 348. The first-order valence-corrected chi connectivity index (χ1v) is 5.52. The van der Waals surface area contributed by atoms with Crippen LogP contribution in [-0.2, 0) is 6.54 Å². The van der Waals surface area contributed by atoms with Crippen molar-refractivity contribution in [3.63, 3.8) is 0 Å². The Morgan fingerprint density at radius 3 is 2.93 bits per heavy atom. The number of carboxylic acids is 1. The van der Waals surface area contributed by atoms with Gasteiger partial charge in [-0.2, -0.15) is 0 Å². The van der Waals surface area contributed by atoms with Crippen LogP contribution in [0.5, 0.6) is 0 Å². The van der Waals surface area contributed by atoms with Gasteiger partial charge in [0.2, 0.25) is 0 Å². The zero-order valence-corrected chi connectivity index (χ0v) is 8.96. The summed E-state index contributed by atoms with van der Waals surface area (Å²) < 4.78 is 3.68. The average Bonchev–Trinajstić information content (AvgIpc) is 2.67. The molecule has 1 aromatic rings. The van der Waals surface area contributed by atoms with Crippen molar-refractivity contribution in [2.75, 3.05) is 26.2 Å². The number of nitrogens with one attached hydrogen (secondary N) is 1. The number of aromatic nitrogens is 2. The number of carbonyl (C=O) groups is 1. The zero-order valence-electron chi connectivity index (χ0n) is 8.14. The van der Waals surface area contributed by atoms with Crippen LogP contribution in [0.3, 0.4) is 0 Å². The maximum Gasteiger partial charge on any atom is 0.357 e. The fourth-order valence-electron chi connectivity index (χ4n) is 1.55. The highest BCUT2D eigenvalue weighted by Gasteiger charge is 2.18. The van der Waals surface area contributed by atoms with Gasteiger partial charge in [-0.05, 0) is 11.5 Å². The van der Waals surface area contributed by atoms with Gasteiger partial charge in [-0.3, -0.25) is 4.90 Å². The van der Waals surface area contributed by atoms with E-state index in [0.29, 0.717) is 6.54 Å². The lowest BCUT2D eigenvalue weighted by Gasteiger charge is -2.26. The first-order valence-electron chi connectivity index (χ1n) is 4.75. The summed E-state index contributed by atoms with van der Waals surface area (Å²) in [6, 6.07) is 0. The third-order valence-electron chi connectivity index (χ3n) is 2.34. The normalized spacial score (nSPS) is 17.9. The molecule has 6 nitrogen and oxygen atoms in total. The lowest BCUT2D eigenvalue weighted by Crippen LogP contribution is -2.42. The number of piperazine rings is 1. The third kappa shape index (κ3) is 2.49. The van der Waals surface area contributed by atoms with Crippen LogP contribution in [-0.4, -0.2) is 51.7 Å². The van der Waals surface area contributed by atoms with E-state index in [1.54, 1.807) is 0 Å². The number of carboxylic acid groups (broad SMARTS) is 1. The Kier molecular flexibility index (Phi) is 3.24. The molecule has 1 aliphatic heterocycles. The Morgan fingerprint density at radius 2 is 2.27 bits per heavy atom. The molecule has 1 aliphatic rings. The van der Waals surface area contributed by atoms with Crippen molar-refractivity contribution < 1.29 is 9.90 Å². The lowest BCUT2D eigenvalue weighted by atomic mass is 10.3. The Labute approximate surface area is 91.1 Å². The van der Waals surface area contributed by atoms with Gasteiger partial charge in [0.1, 0.15) is 0 Å². The first-order chi connectivity index (χ1) is 7.27. The first kappa shape index (κ1) is 10.5. The molecule has 0 atom stereocenters. The molecular weight excluding hydrogens is 216 g/mol. The van der Waals surface area contributed by atoms with E-state index in [0.717, 1.165) is 31.1 Å². The van der Waals surface area contributed by atoms with E-state index in [4.69, 9.17) is 5.11 Å². The van der Waals surface area contributed by atoms with Crippen molar-refractivity contribution in [3.05, 3.63) is 10.6 Å². The van der Waals surface area contributed by atoms with Gasteiger partial charge in [-0.1, -0.05) is 4.49 Å². The van der Waals surface area contributed by atoms with Crippen LogP contribution in [0.25, 0.3) is 0 Å². The monoisotopic (exact) mass is 228 g/mol. The van der Waals surface area contributed by atoms with E-state index in [9.17, 15) is 4.79 Å². The number of hydrogen-bond acceptors (Lipinski definition) is 6. The van der Waals surface area contributed by atoms with E-state index < -0.39 is 5.97 Å². The van der Waals surface area contributed by atoms with E-state index >= 15 is 0 Å². The Morgan fingerprint density at radius 1 is 1.53 bits per heavy atom. The SMILES string of the molecule is O=C(O)c1nnsc1CN1CCNCC1. The second kappa shape index (κ2) is 4.65. The second-order valence-corrected chi connectivity index (χ2v) is 4.21. The van der Waals surface area contributed by atoms with Crippen LogP contribution < -0.4 is 5.32 Å². The van der Waals surface area contributed by atoms with Crippen LogP contribution in [0.4, 0.5) is 0 Å². The minimum absolute atomic E-state index is 0.0959. The highest BCUT2D eigenvalue weighted by molar-refractivity contribution is 7.05. The highest BCUT2D eigenvalue weighted by atomic mass is 32.1. The van der Waals surface area contributed by atoms with E-state index in [1.807, 2.05) is 0 Å². The van der Waals surface area contributed by atoms with Crippen LogP contribution >= 0.6 is 11.5 Å². The molecule has 0 radical (unpaired) electrons. The van der Waals surface area contributed by atoms with E-state index in [2.05, 4.69) is 19.8 Å². The summed E-state index contributed by atoms with van der Waals surface area (Å²) in [6.45, 7) is 4.43. The predicted molar refractivity (Wildman–Crippen MR) is 55.0 cm³/mol. The molecule has 0 amide bonds. The molecule has 1 aromatic heterocycles. The highest BCUT2D eigenvalue weighted by Crippen LogP contribution is 2.13. The molecule has 2 rings (SSSR count). The summed E-state index contributed by atoms with van der Waals surface area (Å²) in [5, 5.41) is 15.7. The maximum atomic E-state index is 10.8. The molecule has 82 valence electrons. The third-order valence-corrected chi connectivity index (χ3v) is 3.04. The summed E-state index contributed by atoms with van der Waals surface area (Å²) in [5.41, 5.74) is 0.0959. The molecule has 0 aromatic carbocycles. The van der Waals surface area contributed by atoms with Crippen molar-refractivity contribution >= 4 is 17.5 Å². The molecule has 2 heterocycles. The van der Waals surface area contributed by atoms with Crippen LogP contribution in [0, 0.1) is 0 Å². The molecule has 1 saturated heterocycles. The van der Waals surface area contributed by atoms with Gasteiger partial charge in [-0.15, -0.1) is 5.10 Å². The molecule has 2 N–H and O–H groups in total. The fourth-order valence-corrected chi connectivity index (χ4v) is 2.22. The van der Waals surface area contributed by atoms with Crippen LogP contribution in [0.1, 0.15) is 15.4 Å². The van der Waals surface area contributed by atoms with Gasteiger partial charge < -0.3 is 10.4 Å². The standard InChI is InChI=1S/C8H12N4O2S/c13-8(14)7-6(15-11-10-7)5-12-3-1-9-2-4-12/h9H,1-5H2,(H,13,14). The molecular formula is C8H12N4O2S. The Balaban J connectivity index is 2.03. The number of rotatable bonds is 3. The van der Waals surface area contributed by atoms with Gasteiger partial charge >= 0.3 is 5.97 Å². The summed E-state index contributed by atoms with van der Waals surface area (Å²) in [5.74, 6) is -0.992. The van der Waals surface area contributed by atoms with Crippen molar-refractivity contribution in [3.8, 4) is 0 Å². The van der Waals surface area contributed by atoms with Gasteiger partial charge in [0, 0.05) is 32.7 Å². The van der Waals surface area contributed by atoms with Crippen LogP contribution in [0.15, 0.2) is 0 Å². The lowest BCUT2D eigenvalue weighted by molar-refractivity contribution is 0.0688. The van der Waals surface area contributed by atoms with Crippen molar-refractivity contribution in [1.82, 2.24) is 19.8 Å². The number of aromatic carboxylic acids is 1. The van der Waals surface area contributed by atoms with Crippen molar-refractivity contribution in [1.29, 1.82) is 0 Å². The van der Waals surface area contributed by atoms with Gasteiger partial charge in [-0.25, -0.2) is 4.79 Å². The zero-order chi connectivity index (χ0) is 10.7. The maximum absolute atomic E-state index is 10.8. The summed E-state index contributed by atoms with van der Waals surface area (Å²) in [7, 11) is 0. The van der Waals surface area contributed by atoms with E-state index in [1.165, 1.54) is 11.5 Å². The predicted octanol–water partition coefficient (Wildman–Crippen LogP) is -0.359. The molecule has 0 aliphatic carbocycles. The smallest absolute Gasteiger partial charge is 0.357 e. The quantitative estimate of drug-likeness (QED) is 0.735. The van der Waals surface area contributed by atoms with Crippen molar-refractivity contribution in [2.45, 2.75) is 6.54 Å². The number of nitrogens with zero attached hydrogens (tertiary/aromatic N) is 3. The molecule has 15 heavy (non-hydrogen) atoms. The van der Waals surface area contributed by atoms with E-state index in [-0.39, 0.29) is 5.69 Å². The minimum atomic E-state index is -0.992. The molecule has 0 bridgehead atoms.